The summed E-state index contributed by atoms with van der Waals surface area (Å²) in [4.78, 5) is 26.1. The lowest BCUT2D eigenvalue weighted by molar-refractivity contribution is -0.120. The summed E-state index contributed by atoms with van der Waals surface area (Å²) in [5.74, 6) is 0.149. The van der Waals surface area contributed by atoms with Gasteiger partial charge in [-0.05, 0) is 51.5 Å². The van der Waals surface area contributed by atoms with Crippen LogP contribution < -0.4 is 15.0 Å². The van der Waals surface area contributed by atoms with Crippen LogP contribution in [0.4, 0.5) is 11.4 Å². The van der Waals surface area contributed by atoms with E-state index in [0.717, 1.165) is 16.8 Å². The van der Waals surface area contributed by atoms with Crippen LogP contribution in [0, 0.1) is 13.8 Å². The summed E-state index contributed by atoms with van der Waals surface area (Å²) in [6, 6.07) is 13.1. The molecule has 0 aliphatic rings. The highest BCUT2D eigenvalue weighted by Gasteiger charge is 2.18. The Morgan fingerprint density at radius 2 is 1.81 bits per heavy atom. The molecule has 0 heterocycles. The number of benzene rings is 2. The molecule has 0 saturated carbocycles. The Morgan fingerprint density at radius 1 is 1.12 bits per heavy atom. The molecule has 0 spiro atoms. The van der Waals surface area contributed by atoms with E-state index in [9.17, 15) is 9.59 Å². The van der Waals surface area contributed by atoms with Gasteiger partial charge in [-0.15, -0.1) is 0 Å². The van der Waals surface area contributed by atoms with Crippen molar-refractivity contribution in [2.24, 2.45) is 0 Å². The Balaban J connectivity index is 2.18. The van der Waals surface area contributed by atoms with E-state index in [1.807, 2.05) is 64.1 Å². The second-order valence-electron chi connectivity index (χ2n) is 6.61. The zero-order valence-electron chi connectivity index (χ0n) is 16.0. The van der Waals surface area contributed by atoms with Gasteiger partial charge in [-0.1, -0.05) is 29.8 Å². The van der Waals surface area contributed by atoms with E-state index in [-0.39, 0.29) is 24.5 Å². The largest absolute Gasteiger partial charge is 0.489 e. The van der Waals surface area contributed by atoms with Crippen LogP contribution in [0.5, 0.6) is 5.75 Å². The normalized spacial score (nSPS) is 10.5. The monoisotopic (exact) mass is 354 g/mol. The molecule has 2 aromatic carbocycles. The minimum absolute atomic E-state index is 0.00280. The molecule has 2 aromatic rings. The summed E-state index contributed by atoms with van der Waals surface area (Å²) in [5.41, 5.74) is 3.40. The van der Waals surface area contributed by atoms with Gasteiger partial charge in [-0.3, -0.25) is 9.59 Å². The first kappa shape index (κ1) is 19.5. The highest BCUT2D eigenvalue weighted by atomic mass is 16.5. The number of ether oxygens (including phenoxy) is 1. The van der Waals surface area contributed by atoms with Gasteiger partial charge in [-0.2, -0.15) is 0 Å². The molecule has 0 aliphatic heterocycles. The van der Waals surface area contributed by atoms with Crippen molar-refractivity contribution in [1.82, 2.24) is 0 Å². The number of amides is 2. The molecular weight excluding hydrogens is 328 g/mol. The van der Waals surface area contributed by atoms with E-state index in [0.29, 0.717) is 11.4 Å². The van der Waals surface area contributed by atoms with Crippen LogP contribution >= 0.6 is 0 Å². The van der Waals surface area contributed by atoms with Crippen molar-refractivity contribution in [3.63, 3.8) is 0 Å². The Kier molecular flexibility index (Phi) is 6.39. The summed E-state index contributed by atoms with van der Waals surface area (Å²) in [6.45, 7) is 9.18. The Bertz CT molecular complexity index is 800. The molecule has 1 N–H and O–H groups in total. The first-order valence-corrected chi connectivity index (χ1v) is 8.69. The second kappa shape index (κ2) is 8.52. The minimum atomic E-state index is -0.278. The number of rotatable bonds is 6. The molecule has 26 heavy (non-hydrogen) atoms. The molecule has 0 aromatic heterocycles. The van der Waals surface area contributed by atoms with Gasteiger partial charge in [0, 0.05) is 12.6 Å². The first-order valence-electron chi connectivity index (χ1n) is 8.69. The van der Waals surface area contributed by atoms with Crippen molar-refractivity contribution in [1.29, 1.82) is 0 Å². The van der Waals surface area contributed by atoms with Crippen LogP contribution in [0.3, 0.4) is 0 Å². The van der Waals surface area contributed by atoms with Crippen LogP contribution in [-0.2, 0) is 9.59 Å². The lowest BCUT2D eigenvalue weighted by Gasteiger charge is -2.23. The molecule has 2 amide bonds. The summed E-state index contributed by atoms with van der Waals surface area (Å²) in [6.07, 6.45) is -0.00280. The number of aryl methyl sites for hydroxylation is 2. The molecule has 5 heteroatoms. The van der Waals surface area contributed by atoms with E-state index in [4.69, 9.17) is 4.74 Å². The molecule has 138 valence electrons. The summed E-state index contributed by atoms with van der Waals surface area (Å²) in [7, 11) is 0. The number of anilines is 2. The topological polar surface area (TPSA) is 58.6 Å². The summed E-state index contributed by atoms with van der Waals surface area (Å²) < 4.78 is 5.72. The second-order valence-corrected chi connectivity index (χ2v) is 6.61. The van der Waals surface area contributed by atoms with Gasteiger partial charge < -0.3 is 15.0 Å². The van der Waals surface area contributed by atoms with Crippen LogP contribution in [0.15, 0.2) is 42.5 Å². The Labute approximate surface area is 155 Å². The third-order valence-corrected chi connectivity index (χ3v) is 3.85. The smallest absolute Gasteiger partial charge is 0.244 e. The van der Waals surface area contributed by atoms with Crippen LogP contribution in [-0.4, -0.2) is 24.5 Å². The van der Waals surface area contributed by atoms with Gasteiger partial charge in [0.15, 0.2) is 0 Å². The lowest BCUT2D eigenvalue weighted by Crippen LogP contribution is -2.37. The molecular formula is C21H26N2O3. The van der Waals surface area contributed by atoms with Crippen molar-refractivity contribution in [3.8, 4) is 5.75 Å². The zero-order valence-corrected chi connectivity index (χ0v) is 16.0. The fourth-order valence-electron chi connectivity index (χ4n) is 2.73. The molecule has 0 fully saturated rings. The summed E-state index contributed by atoms with van der Waals surface area (Å²) in [5, 5.41) is 2.84. The molecule has 0 aliphatic carbocycles. The predicted molar refractivity (Wildman–Crippen MR) is 105 cm³/mol. The third-order valence-electron chi connectivity index (χ3n) is 3.85. The van der Waals surface area contributed by atoms with Gasteiger partial charge in [0.1, 0.15) is 12.3 Å². The number of hydrogen-bond donors (Lipinski definition) is 1. The maximum absolute atomic E-state index is 12.6. The van der Waals surface area contributed by atoms with Gasteiger partial charge >= 0.3 is 0 Å². The summed E-state index contributed by atoms with van der Waals surface area (Å²) >= 11 is 0. The number of para-hydroxylation sites is 2. The molecule has 0 radical (unpaired) electrons. The standard InChI is InChI=1S/C21H26N2O3/c1-14(2)26-20-9-7-6-8-18(20)22-21(25)13-23(17(5)24)19-11-10-15(3)12-16(19)4/h6-12,14H,13H2,1-5H3,(H,22,25). The average Bonchev–Trinajstić information content (AvgIpc) is 2.54. The average molecular weight is 354 g/mol. The maximum Gasteiger partial charge on any atom is 0.244 e. The van der Waals surface area contributed by atoms with Gasteiger partial charge in [0.25, 0.3) is 0 Å². The fourth-order valence-corrected chi connectivity index (χ4v) is 2.73. The molecule has 0 atom stereocenters. The molecule has 0 bridgehead atoms. The van der Waals surface area contributed by atoms with Crippen molar-refractivity contribution in [3.05, 3.63) is 53.6 Å². The Morgan fingerprint density at radius 3 is 2.42 bits per heavy atom. The van der Waals surface area contributed by atoms with Crippen LogP contribution in [0.1, 0.15) is 31.9 Å². The number of hydrogen-bond acceptors (Lipinski definition) is 3. The predicted octanol–water partition coefficient (Wildman–Crippen LogP) is 4.08. The quantitative estimate of drug-likeness (QED) is 0.850. The molecule has 0 unspecified atom stereocenters. The molecule has 5 nitrogen and oxygen atoms in total. The number of carbonyl (C=O) groups excluding carboxylic acids is 2. The van der Waals surface area contributed by atoms with E-state index in [2.05, 4.69) is 5.32 Å². The van der Waals surface area contributed by atoms with E-state index in [1.54, 1.807) is 6.07 Å². The number of nitrogens with one attached hydrogen (secondary N) is 1. The van der Waals surface area contributed by atoms with Crippen LogP contribution in [0.2, 0.25) is 0 Å². The van der Waals surface area contributed by atoms with Gasteiger partial charge in [0.05, 0.1) is 11.8 Å². The van der Waals surface area contributed by atoms with Crippen molar-refractivity contribution < 1.29 is 14.3 Å². The maximum atomic E-state index is 12.6. The zero-order chi connectivity index (χ0) is 19.3. The first-order chi connectivity index (χ1) is 12.3. The highest BCUT2D eigenvalue weighted by molar-refractivity contribution is 6.02. The molecule has 2 rings (SSSR count). The van der Waals surface area contributed by atoms with Crippen molar-refractivity contribution in [2.45, 2.75) is 40.7 Å². The molecule has 0 saturated heterocycles. The van der Waals surface area contributed by atoms with Gasteiger partial charge in [-0.25, -0.2) is 0 Å². The van der Waals surface area contributed by atoms with E-state index < -0.39 is 0 Å². The highest BCUT2D eigenvalue weighted by Crippen LogP contribution is 2.25. The van der Waals surface area contributed by atoms with E-state index in [1.165, 1.54) is 11.8 Å². The fraction of sp³-hybridized carbons (Fsp3) is 0.333. The number of nitrogens with zero attached hydrogens (tertiary/aromatic N) is 1. The Hall–Kier alpha value is -2.82. The number of carbonyl (C=O) groups is 2. The third kappa shape index (κ3) is 5.09. The van der Waals surface area contributed by atoms with Gasteiger partial charge in [0.2, 0.25) is 11.8 Å². The van der Waals surface area contributed by atoms with E-state index >= 15 is 0 Å². The van der Waals surface area contributed by atoms with Crippen LogP contribution in [0.25, 0.3) is 0 Å². The van der Waals surface area contributed by atoms with Crippen molar-refractivity contribution in [2.75, 3.05) is 16.8 Å². The SMILES string of the molecule is CC(=O)N(CC(=O)Nc1ccccc1OC(C)C)c1ccc(C)cc1C. The van der Waals surface area contributed by atoms with Crippen molar-refractivity contribution >= 4 is 23.2 Å². The lowest BCUT2D eigenvalue weighted by atomic mass is 10.1. The minimum Gasteiger partial charge on any atom is -0.489 e.